The molecule has 0 aliphatic carbocycles. The van der Waals surface area contributed by atoms with Crippen LogP contribution in [0.1, 0.15) is 15.9 Å². The summed E-state index contributed by atoms with van der Waals surface area (Å²) in [5, 5.41) is 2.89. The summed E-state index contributed by atoms with van der Waals surface area (Å²) < 4.78 is 37.3. The van der Waals surface area contributed by atoms with Gasteiger partial charge >= 0.3 is 0 Å². The molecule has 0 radical (unpaired) electrons. The molecule has 26 heavy (non-hydrogen) atoms. The van der Waals surface area contributed by atoms with Crippen molar-refractivity contribution in [3.05, 3.63) is 53.6 Å². The minimum Gasteiger partial charge on any atom is -0.495 e. The third kappa shape index (κ3) is 3.66. The number of methoxy groups -OCH3 is 1. The van der Waals surface area contributed by atoms with E-state index in [1.807, 2.05) is 24.3 Å². The summed E-state index contributed by atoms with van der Waals surface area (Å²) in [6, 6.07) is 11.8. The molecule has 1 aliphatic heterocycles. The second-order valence-electron chi connectivity index (χ2n) is 5.87. The molecular formula is C18H20N2O5S. The van der Waals surface area contributed by atoms with Crippen LogP contribution in [0.15, 0.2) is 47.4 Å². The Kier molecular flexibility index (Phi) is 5.15. The van der Waals surface area contributed by atoms with Gasteiger partial charge in [-0.05, 0) is 43.3 Å². The molecule has 0 spiro atoms. The molecule has 1 aliphatic rings. The molecule has 7 nitrogen and oxygen atoms in total. The molecule has 2 N–H and O–H groups in total. The van der Waals surface area contributed by atoms with Crippen molar-refractivity contribution < 1.29 is 22.7 Å². The largest absolute Gasteiger partial charge is 0.495 e. The lowest BCUT2D eigenvalue weighted by atomic mass is 10.0. The van der Waals surface area contributed by atoms with Gasteiger partial charge in [-0.3, -0.25) is 4.79 Å². The minimum absolute atomic E-state index is 0.0830. The summed E-state index contributed by atoms with van der Waals surface area (Å²) in [5.41, 5.74) is 1.26. The van der Waals surface area contributed by atoms with E-state index in [4.69, 9.17) is 9.47 Å². The van der Waals surface area contributed by atoms with E-state index in [0.29, 0.717) is 13.0 Å². The van der Waals surface area contributed by atoms with Crippen LogP contribution in [-0.2, 0) is 16.4 Å². The maximum atomic E-state index is 12.6. The zero-order valence-electron chi connectivity index (χ0n) is 14.5. The van der Waals surface area contributed by atoms with Crippen LogP contribution in [0.4, 0.5) is 0 Å². The molecule has 0 bridgehead atoms. The number of fused-ring (bicyclic) bond motifs is 1. The topological polar surface area (TPSA) is 93.7 Å². The third-order valence-electron chi connectivity index (χ3n) is 4.20. The highest BCUT2D eigenvalue weighted by molar-refractivity contribution is 7.89. The Balaban J connectivity index is 1.80. The molecule has 8 heteroatoms. The van der Waals surface area contributed by atoms with Gasteiger partial charge in [0.1, 0.15) is 23.0 Å². The number of carbonyl (C=O) groups is 1. The molecule has 1 atom stereocenters. The average molecular weight is 376 g/mol. The summed E-state index contributed by atoms with van der Waals surface area (Å²) in [5.74, 6) is 0.629. The number of nitrogens with one attached hydrogen (secondary N) is 2. The van der Waals surface area contributed by atoms with Crippen LogP contribution in [0.3, 0.4) is 0 Å². The normalized spacial score (nSPS) is 16.3. The van der Waals surface area contributed by atoms with Crippen LogP contribution in [-0.4, -0.2) is 41.1 Å². The molecule has 138 valence electrons. The fraction of sp³-hybridized carbons (Fsp3) is 0.278. The van der Waals surface area contributed by atoms with E-state index >= 15 is 0 Å². The average Bonchev–Trinajstić information content (AvgIpc) is 2.67. The Morgan fingerprint density at radius 2 is 2.00 bits per heavy atom. The number of hydrogen-bond acceptors (Lipinski definition) is 5. The molecule has 1 heterocycles. The zero-order valence-corrected chi connectivity index (χ0v) is 15.3. The monoisotopic (exact) mass is 376 g/mol. The van der Waals surface area contributed by atoms with Crippen molar-refractivity contribution in [2.45, 2.75) is 17.4 Å². The summed E-state index contributed by atoms with van der Waals surface area (Å²) in [7, 11) is -1.07. The number of sulfonamides is 1. The second kappa shape index (κ2) is 7.35. The van der Waals surface area contributed by atoms with Crippen LogP contribution in [0, 0.1) is 0 Å². The highest BCUT2D eigenvalue weighted by atomic mass is 32.2. The van der Waals surface area contributed by atoms with E-state index < -0.39 is 10.0 Å². The molecule has 2 aromatic rings. The van der Waals surface area contributed by atoms with Gasteiger partial charge in [-0.2, -0.15) is 0 Å². The maximum Gasteiger partial charge on any atom is 0.251 e. The first-order valence-corrected chi connectivity index (χ1v) is 9.56. The van der Waals surface area contributed by atoms with Crippen LogP contribution in [0.25, 0.3) is 0 Å². The zero-order chi connectivity index (χ0) is 18.7. The van der Waals surface area contributed by atoms with E-state index in [2.05, 4.69) is 10.0 Å². The fourth-order valence-corrected chi connectivity index (χ4v) is 3.75. The lowest BCUT2D eigenvalue weighted by Gasteiger charge is -2.26. The Morgan fingerprint density at radius 3 is 2.73 bits per heavy atom. The Bertz CT molecular complexity index is 927. The van der Waals surface area contributed by atoms with Gasteiger partial charge < -0.3 is 14.8 Å². The molecule has 0 saturated carbocycles. The summed E-state index contributed by atoms with van der Waals surface area (Å²) in [6.07, 6.45) is 0.653. The number of carbonyl (C=O) groups excluding carboxylic acids is 1. The van der Waals surface area contributed by atoms with Crippen molar-refractivity contribution in [3.63, 3.8) is 0 Å². The second-order valence-corrected chi connectivity index (χ2v) is 7.72. The van der Waals surface area contributed by atoms with Gasteiger partial charge in [-0.15, -0.1) is 0 Å². The standard InChI is InChI=1S/C18H20N2O5S/c1-19-26(22,23)17-10-13(7-8-16(17)24-2)18(21)20-14-9-12-5-3-4-6-15(12)25-11-14/h3-8,10,14,19H,9,11H2,1-2H3,(H,20,21). The summed E-state index contributed by atoms with van der Waals surface area (Å²) >= 11 is 0. The maximum absolute atomic E-state index is 12.6. The third-order valence-corrected chi connectivity index (χ3v) is 5.63. The Labute approximate surface area is 152 Å². The van der Waals surface area contributed by atoms with E-state index in [1.54, 1.807) is 0 Å². The first kappa shape index (κ1) is 18.2. The van der Waals surface area contributed by atoms with Crippen molar-refractivity contribution in [1.29, 1.82) is 0 Å². The number of rotatable bonds is 5. The van der Waals surface area contributed by atoms with Gasteiger partial charge in [0.15, 0.2) is 0 Å². The van der Waals surface area contributed by atoms with Crippen LogP contribution >= 0.6 is 0 Å². The van der Waals surface area contributed by atoms with Gasteiger partial charge in [0, 0.05) is 5.56 Å². The molecular weight excluding hydrogens is 356 g/mol. The summed E-state index contributed by atoms with van der Waals surface area (Å²) in [6.45, 7) is 0.362. The lowest BCUT2D eigenvalue weighted by Crippen LogP contribution is -2.42. The number of amides is 1. The first-order chi connectivity index (χ1) is 12.4. The number of para-hydroxylation sites is 1. The number of hydrogen-bond donors (Lipinski definition) is 2. The lowest BCUT2D eigenvalue weighted by molar-refractivity contribution is 0.0915. The van der Waals surface area contributed by atoms with Crippen molar-refractivity contribution in [2.24, 2.45) is 0 Å². The molecule has 1 unspecified atom stereocenters. The fourth-order valence-electron chi connectivity index (χ4n) is 2.83. The van der Waals surface area contributed by atoms with Crippen molar-refractivity contribution in [2.75, 3.05) is 20.8 Å². The van der Waals surface area contributed by atoms with Gasteiger partial charge in [0.25, 0.3) is 5.91 Å². The van der Waals surface area contributed by atoms with Gasteiger partial charge in [0.05, 0.1) is 13.2 Å². The van der Waals surface area contributed by atoms with Gasteiger partial charge in [0.2, 0.25) is 10.0 Å². The molecule has 0 aromatic heterocycles. The van der Waals surface area contributed by atoms with Crippen molar-refractivity contribution >= 4 is 15.9 Å². The smallest absolute Gasteiger partial charge is 0.251 e. The predicted octanol–water partition coefficient (Wildman–Crippen LogP) is 1.34. The van der Waals surface area contributed by atoms with Crippen molar-refractivity contribution in [1.82, 2.24) is 10.0 Å². The van der Waals surface area contributed by atoms with Crippen LogP contribution in [0.2, 0.25) is 0 Å². The highest BCUT2D eigenvalue weighted by Crippen LogP contribution is 2.26. The van der Waals surface area contributed by atoms with E-state index in [9.17, 15) is 13.2 Å². The van der Waals surface area contributed by atoms with E-state index in [1.165, 1.54) is 32.4 Å². The minimum atomic E-state index is -3.75. The molecule has 1 amide bonds. The Morgan fingerprint density at radius 1 is 1.23 bits per heavy atom. The Hall–Kier alpha value is -2.58. The van der Waals surface area contributed by atoms with E-state index in [0.717, 1.165) is 11.3 Å². The number of benzene rings is 2. The molecule has 0 saturated heterocycles. The van der Waals surface area contributed by atoms with E-state index in [-0.39, 0.29) is 28.2 Å². The van der Waals surface area contributed by atoms with Crippen molar-refractivity contribution in [3.8, 4) is 11.5 Å². The molecule has 2 aromatic carbocycles. The molecule has 0 fully saturated rings. The van der Waals surface area contributed by atoms with Crippen LogP contribution in [0.5, 0.6) is 11.5 Å². The predicted molar refractivity (Wildman–Crippen MR) is 96.1 cm³/mol. The van der Waals surface area contributed by atoms with Crippen LogP contribution < -0.4 is 19.5 Å². The highest BCUT2D eigenvalue weighted by Gasteiger charge is 2.24. The van der Waals surface area contributed by atoms with Gasteiger partial charge in [-0.25, -0.2) is 13.1 Å². The quantitative estimate of drug-likeness (QED) is 0.821. The SMILES string of the molecule is CNS(=O)(=O)c1cc(C(=O)NC2COc3ccccc3C2)ccc1OC. The van der Waals surface area contributed by atoms with Gasteiger partial charge in [-0.1, -0.05) is 18.2 Å². The molecule has 3 rings (SSSR count). The first-order valence-electron chi connectivity index (χ1n) is 8.07. The summed E-state index contributed by atoms with van der Waals surface area (Å²) in [4.78, 5) is 12.5. The number of ether oxygens (including phenoxy) is 2.